The lowest BCUT2D eigenvalue weighted by Crippen LogP contribution is -2.14. The normalized spacial score (nSPS) is 37.4. The Labute approximate surface area is 48.2 Å². The Morgan fingerprint density at radius 2 is 2.38 bits per heavy atom. The number of hydrogen-bond acceptors (Lipinski definition) is 2. The zero-order chi connectivity index (χ0) is 6.15. The maximum atomic E-state index is 8.13. The average Bonchev–Trinajstić information content (AvgIpc) is 2.45. The van der Waals surface area contributed by atoms with Gasteiger partial charge >= 0.3 is 0 Å². The smallest absolute Gasteiger partial charge is 0.142 e. The van der Waals surface area contributed by atoms with Crippen molar-refractivity contribution in [3.8, 4) is 0 Å². The Hall–Kier alpha value is -0.730. The molecular formula is C5H10N2O. The van der Waals surface area contributed by atoms with E-state index in [4.69, 9.17) is 10.9 Å². The first kappa shape index (κ1) is 5.41. The molecule has 8 heavy (non-hydrogen) atoms. The van der Waals surface area contributed by atoms with Crippen molar-refractivity contribution < 1.29 is 5.21 Å². The topological polar surface area (TPSA) is 58.6 Å². The molecule has 0 radical (unpaired) electrons. The van der Waals surface area contributed by atoms with Crippen molar-refractivity contribution >= 4 is 5.84 Å². The van der Waals surface area contributed by atoms with E-state index in [-0.39, 0.29) is 0 Å². The third-order valence-corrected chi connectivity index (χ3v) is 1.60. The molecule has 0 unspecified atom stereocenters. The van der Waals surface area contributed by atoms with Gasteiger partial charge in [-0.15, -0.1) is 0 Å². The van der Waals surface area contributed by atoms with Crippen LogP contribution in [0.2, 0.25) is 0 Å². The lowest BCUT2D eigenvalue weighted by atomic mass is 10.3. The van der Waals surface area contributed by atoms with Crippen LogP contribution in [0.25, 0.3) is 0 Å². The van der Waals surface area contributed by atoms with Crippen LogP contribution in [0.5, 0.6) is 0 Å². The Bertz CT molecular complexity index is 122. The number of nitrogens with zero attached hydrogens (tertiary/aromatic N) is 1. The van der Waals surface area contributed by atoms with E-state index < -0.39 is 0 Å². The van der Waals surface area contributed by atoms with Crippen molar-refractivity contribution in [2.75, 3.05) is 0 Å². The van der Waals surface area contributed by atoms with E-state index in [1.54, 1.807) is 0 Å². The Balaban J connectivity index is 2.39. The Kier molecular flexibility index (Phi) is 1.12. The molecule has 0 spiro atoms. The molecule has 3 N–H and O–H groups in total. The van der Waals surface area contributed by atoms with Crippen LogP contribution in [0.3, 0.4) is 0 Å². The van der Waals surface area contributed by atoms with Gasteiger partial charge in [0, 0.05) is 5.92 Å². The van der Waals surface area contributed by atoms with Crippen LogP contribution in [0.4, 0.5) is 0 Å². The van der Waals surface area contributed by atoms with Crippen LogP contribution < -0.4 is 5.73 Å². The van der Waals surface area contributed by atoms with E-state index in [1.807, 2.05) is 0 Å². The lowest BCUT2D eigenvalue weighted by Gasteiger charge is -1.88. The van der Waals surface area contributed by atoms with Gasteiger partial charge in [0.15, 0.2) is 0 Å². The fourth-order valence-corrected chi connectivity index (χ4v) is 0.808. The minimum atomic E-state index is 0.361. The van der Waals surface area contributed by atoms with E-state index in [2.05, 4.69) is 12.1 Å². The summed E-state index contributed by atoms with van der Waals surface area (Å²) < 4.78 is 0. The first-order valence-corrected chi connectivity index (χ1v) is 2.73. The molecule has 0 heterocycles. The Morgan fingerprint density at radius 3 is 2.50 bits per heavy atom. The number of oxime groups is 1. The summed E-state index contributed by atoms with van der Waals surface area (Å²) in [7, 11) is 0. The van der Waals surface area contributed by atoms with Crippen molar-refractivity contribution in [2.24, 2.45) is 22.7 Å². The highest BCUT2D eigenvalue weighted by atomic mass is 16.4. The van der Waals surface area contributed by atoms with Gasteiger partial charge in [0.1, 0.15) is 5.84 Å². The largest absolute Gasteiger partial charge is 0.409 e. The van der Waals surface area contributed by atoms with Crippen LogP contribution >= 0.6 is 0 Å². The summed E-state index contributed by atoms with van der Waals surface area (Å²) in [4.78, 5) is 0. The van der Waals surface area contributed by atoms with E-state index in [0.29, 0.717) is 17.7 Å². The molecule has 0 aromatic rings. The van der Waals surface area contributed by atoms with Crippen molar-refractivity contribution in [1.82, 2.24) is 0 Å². The highest BCUT2D eigenvalue weighted by molar-refractivity contribution is 5.84. The molecule has 1 rings (SSSR count). The maximum Gasteiger partial charge on any atom is 0.142 e. The number of rotatable bonds is 1. The van der Waals surface area contributed by atoms with E-state index in [9.17, 15) is 0 Å². The number of amidine groups is 1. The van der Waals surface area contributed by atoms with E-state index >= 15 is 0 Å². The third-order valence-electron chi connectivity index (χ3n) is 1.60. The second kappa shape index (κ2) is 1.65. The van der Waals surface area contributed by atoms with Gasteiger partial charge in [-0.05, 0) is 12.3 Å². The van der Waals surface area contributed by atoms with Gasteiger partial charge in [0.05, 0.1) is 0 Å². The van der Waals surface area contributed by atoms with E-state index in [1.165, 1.54) is 0 Å². The zero-order valence-electron chi connectivity index (χ0n) is 4.83. The molecule has 1 aliphatic rings. The second-order valence-corrected chi connectivity index (χ2v) is 2.34. The summed E-state index contributed by atoms with van der Waals surface area (Å²) in [6, 6.07) is 0. The first-order valence-electron chi connectivity index (χ1n) is 2.73. The predicted octanol–water partition coefficient (Wildman–Crippen LogP) is 0.389. The van der Waals surface area contributed by atoms with Crippen molar-refractivity contribution in [2.45, 2.75) is 13.3 Å². The number of nitrogens with two attached hydrogens (primary N) is 1. The molecule has 3 heteroatoms. The molecule has 46 valence electrons. The molecule has 0 saturated heterocycles. The molecule has 1 fully saturated rings. The minimum Gasteiger partial charge on any atom is -0.409 e. The molecule has 2 atom stereocenters. The first-order chi connectivity index (χ1) is 3.75. The molecular weight excluding hydrogens is 104 g/mol. The minimum absolute atomic E-state index is 0.361. The third kappa shape index (κ3) is 0.757. The highest BCUT2D eigenvalue weighted by Crippen LogP contribution is 2.37. The molecule has 3 nitrogen and oxygen atoms in total. The quantitative estimate of drug-likeness (QED) is 0.224. The SMILES string of the molecule is C[C@@H]1C[C@@H]1/C(N)=N\O. The Morgan fingerprint density at radius 1 is 1.88 bits per heavy atom. The average molecular weight is 114 g/mol. The second-order valence-electron chi connectivity index (χ2n) is 2.34. The van der Waals surface area contributed by atoms with Gasteiger partial charge in [-0.25, -0.2) is 0 Å². The molecule has 0 aromatic carbocycles. The summed E-state index contributed by atoms with van der Waals surface area (Å²) in [5.41, 5.74) is 5.27. The fourth-order valence-electron chi connectivity index (χ4n) is 0.808. The van der Waals surface area contributed by atoms with Crippen molar-refractivity contribution in [1.29, 1.82) is 0 Å². The summed E-state index contributed by atoms with van der Waals surface area (Å²) in [6.07, 6.45) is 1.08. The molecule has 0 aromatic heterocycles. The fraction of sp³-hybridized carbons (Fsp3) is 0.800. The van der Waals surface area contributed by atoms with Crippen LogP contribution in [0.1, 0.15) is 13.3 Å². The van der Waals surface area contributed by atoms with Gasteiger partial charge in [0.25, 0.3) is 0 Å². The monoisotopic (exact) mass is 114 g/mol. The van der Waals surface area contributed by atoms with Gasteiger partial charge in [-0.3, -0.25) is 0 Å². The van der Waals surface area contributed by atoms with Gasteiger partial charge in [0.2, 0.25) is 0 Å². The van der Waals surface area contributed by atoms with Crippen molar-refractivity contribution in [3.63, 3.8) is 0 Å². The summed E-state index contributed by atoms with van der Waals surface area (Å²) >= 11 is 0. The lowest BCUT2D eigenvalue weighted by molar-refractivity contribution is 0.316. The van der Waals surface area contributed by atoms with Crippen molar-refractivity contribution in [3.05, 3.63) is 0 Å². The van der Waals surface area contributed by atoms with Crippen LogP contribution in [0, 0.1) is 11.8 Å². The molecule has 1 aliphatic carbocycles. The molecule has 0 aliphatic heterocycles. The molecule has 0 bridgehead atoms. The standard InChI is InChI=1S/C5H10N2O/c1-3-2-4(3)5(6)7-8/h3-4,8H,2H2,1H3,(H2,6,7)/t3-,4+/m1/s1. The van der Waals surface area contributed by atoms with Crippen LogP contribution in [-0.2, 0) is 0 Å². The van der Waals surface area contributed by atoms with Gasteiger partial charge < -0.3 is 10.9 Å². The van der Waals surface area contributed by atoms with E-state index in [0.717, 1.165) is 6.42 Å². The zero-order valence-corrected chi connectivity index (χ0v) is 4.83. The van der Waals surface area contributed by atoms with Gasteiger partial charge in [-0.1, -0.05) is 12.1 Å². The van der Waals surface area contributed by atoms with Crippen LogP contribution in [0.15, 0.2) is 5.16 Å². The van der Waals surface area contributed by atoms with Gasteiger partial charge in [-0.2, -0.15) is 0 Å². The maximum absolute atomic E-state index is 8.13. The molecule has 0 amide bonds. The summed E-state index contributed by atoms with van der Waals surface area (Å²) in [5.74, 6) is 1.38. The highest BCUT2D eigenvalue weighted by Gasteiger charge is 2.36. The predicted molar refractivity (Wildman–Crippen MR) is 30.7 cm³/mol. The summed E-state index contributed by atoms with van der Waals surface area (Å²) in [5, 5.41) is 11.0. The van der Waals surface area contributed by atoms with Crippen LogP contribution in [-0.4, -0.2) is 11.0 Å². The summed E-state index contributed by atoms with van der Waals surface area (Å²) in [6.45, 7) is 2.09. The number of hydrogen-bond donors (Lipinski definition) is 2. The molecule has 1 saturated carbocycles.